The Kier molecular flexibility index (Phi) is 5.02. The average molecular weight is 297 g/mol. The molecule has 2 rings (SSSR count). The Hall–Kier alpha value is -1.10. The van der Waals surface area contributed by atoms with Gasteiger partial charge in [0, 0.05) is 37.8 Å². The third-order valence-corrected chi connectivity index (χ3v) is 4.04. The van der Waals surface area contributed by atoms with Gasteiger partial charge in [0.15, 0.2) is 0 Å². The van der Waals surface area contributed by atoms with Crippen molar-refractivity contribution in [2.75, 3.05) is 33.8 Å². The molecule has 20 heavy (non-hydrogen) atoms. The van der Waals surface area contributed by atoms with Crippen LogP contribution >= 0.6 is 11.6 Å². The number of nitrogens with zero attached hydrogens (tertiary/aromatic N) is 2. The van der Waals surface area contributed by atoms with E-state index in [4.69, 9.17) is 16.3 Å². The van der Waals surface area contributed by atoms with Gasteiger partial charge in [-0.15, -0.1) is 0 Å². The van der Waals surface area contributed by atoms with E-state index < -0.39 is 0 Å². The number of halogens is 1. The van der Waals surface area contributed by atoms with Crippen molar-refractivity contribution < 1.29 is 9.53 Å². The van der Waals surface area contributed by atoms with E-state index in [1.807, 2.05) is 31.2 Å². The molecule has 110 valence electrons. The number of benzene rings is 1. The Morgan fingerprint density at radius 3 is 2.80 bits per heavy atom. The van der Waals surface area contributed by atoms with Crippen LogP contribution in [0.25, 0.3) is 0 Å². The van der Waals surface area contributed by atoms with Crippen molar-refractivity contribution in [2.45, 2.75) is 19.1 Å². The van der Waals surface area contributed by atoms with Crippen LogP contribution in [-0.4, -0.2) is 55.5 Å². The van der Waals surface area contributed by atoms with Crippen molar-refractivity contribution in [3.05, 3.63) is 34.9 Å². The molecule has 4 nitrogen and oxygen atoms in total. The summed E-state index contributed by atoms with van der Waals surface area (Å²) in [6, 6.07) is 7.57. The maximum Gasteiger partial charge on any atom is 0.239 e. The molecule has 1 fully saturated rings. The summed E-state index contributed by atoms with van der Waals surface area (Å²) in [5.41, 5.74) is 0.989. The van der Waals surface area contributed by atoms with E-state index in [1.165, 1.54) is 0 Å². The zero-order valence-electron chi connectivity index (χ0n) is 12.2. The lowest BCUT2D eigenvalue weighted by Gasteiger charge is -2.37. The summed E-state index contributed by atoms with van der Waals surface area (Å²) in [7, 11) is 3.57. The second-order valence-electron chi connectivity index (χ2n) is 5.28. The third kappa shape index (κ3) is 3.32. The summed E-state index contributed by atoms with van der Waals surface area (Å²) in [4.78, 5) is 15.9. The zero-order valence-corrected chi connectivity index (χ0v) is 12.9. The molecule has 1 aliphatic rings. The largest absolute Gasteiger partial charge is 0.371 e. The van der Waals surface area contributed by atoms with E-state index in [2.05, 4.69) is 4.90 Å². The van der Waals surface area contributed by atoms with Crippen LogP contribution < -0.4 is 0 Å². The zero-order chi connectivity index (χ0) is 14.7. The van der Waals surface area contributed by atoms with Crippen LogP contribution in [0.5, 0.6) is 0 Å². The van der Waals surface area contributed by atoms with Gasteiger partial charge in [-0.3, -0.25) is 9.69 Å². The summed E-state index contributed by atoms with van der Waals surface area (Å²) in [6.07, 6.45) is -0.0742. The van der Waals surface area contributed by atoms with Gasteiger partial charge in [-0.25, -0.2) is 0 Å². The lowest BCUT2D eigenvalue weighted by Crippen LogP contribution is -2.50. The van der Waals surface area contributed by atoms with Gasteiger partial charge in [0.2, 0.25) is 5.91 Å². The smallest absolute Gasteiger partial charge is 0.239 e. The minimum atomic E-state index is -0.140. The monoisotopic (exact) mass is 296 g/mol. The first-order valence-corrected chi connectivity index (χ1v) is 7.19. The highest BCUT2D eigenvalue weighted by Crippen LogP contribution is 2.29. The molecule has 0 bridgehead atoms. The van der Waals surface area contributed by atoms with Gasteiger partial charge in [0.1, 0.15) is 0 Å². The molecule has 2 atom stereocenters. The Morgan fingerprint density at radius 1 is 1.45 bits per heavy atom. The van der Waals surface area contributed by atoms with Crippen molar-refractivity contribution in [3.63, 3.8) is 0 Å². The average Bonchev–Trinajstić information content (AvgIpc) is 2.46. The topological polar surface area (TPSA) is 32.8 Å². The van der Waals surface area contributed by atoms with Crippen LogP contribution in [0.1, 0.15) is 18.6 Å². The summed E-state index contributed by atoms with van der Waals surface area (Å²) < 4.78 is 5.81. The first-order chi connectivity index (χ1) is 9.50. The summed E-state index contributed by atoms with van der Waals surface area (Å²) in [5, 5.41) is 0.714. The fourth-order valence-electron chi connectivity index (χ4n) is 2.48. The maximum atomic E-state index is 12.1. The molecule has 0 radical (unpaired) electrons. The second kappa shape index (κ2) is 6.57. The van der Waals surface area contributed by atoms with Crippen LogP contribution in [0, 0.1) is 0 Å². The van der Waals surface area contributed by atoms with E-state index >= 15 is 0 Å². The maximum absolute atomic E-state index is 12.1. The highest BCUT2D eigenvalue weighted by molar-refractivity contribution is 6.31. The quantitative estimate of drug-likeness (QED) is 0.857. The minimum absolute atomic E-state index is 0.0742. The summed E-state index contributed by atoms with van der Waals surface area (Å²) in [6.45, 7) is 4.00. The summed E-state index contributed by atoms with van der Waals surface area (Å²) >= 11 is 6.22. The van der Waals surface area contributed by atoms with Gasteiger partial charge in [-0.05, 0) is 13.0 Å². The number of carbonyl (C=O) groups is 1. The number of ether oxygens (including phenoxy) is 1. The Labute approximate surface area is 125 Å². The van der Waals surface area contributed by atoms with Crippen molar-refractivity contribution in [2.24, 2.45) is 0 Å². The number of hydrogen-bond donors (Lipinski definition) is 0. The normalized spacial score (nSPS) is 21.5. The predicted octanol–water partition coefficient (Wildman–Crippen LogP) is 2.19. The van der Waals surface area contributed by atoms with Gasteiger partial charge in [-0.2, -0.15) is 0 Å². The van der Waals surface area contributed by atoms with Crippen LogP contribution in [0.15, 0.2) is 24.3 Å². The molecule has 1 heterocycles. The molecule has 0 spiro atoms. The fraction of sp³-hybridized carbons (Fsp3) is 0.533. The van der Waals surface area contributed by atoms with E-state index in [0.29, 0.717) is 18.2 Å². The molecule has 0 unspecified atom stereocenters. The third-order valence-electron chi connectivity index (χ3n) is 3.70. The molecule has 0 aliphatic carbocycles. The van der Waals surface area contributed by atoms with Crippen LogP contribution in [0.4, 0.5) is 0 Å². The van der Waals surface area contributed by atoms with Gasteiger partial charge >= 0.3 is 0 Å². The Bertz CT molecular complexity index is 479. The fourth-order valence-corrected chi connectivity index (χ4v) is 2.73. The van der Waals surface area contributed by atoms with Gasteiger partial charge in [-0.1, -0.05) is 29.8 Å². The Morgan fingerprint density at radius 2 is 2.15 bits per heavy atom. The number of likely N-dealkylation sites (N-methyl/N-ethyl adjacent to an activating group) is 1. The summed E-state index contributed by atoms with van der Waals surface area (Å²) in [5.74, 6) is 0.116. The lowest BCUT2D eigenvalue weighted by molar-refractivity contribution is -0.137. The molecule has 1 amide bonds. The lowest BCUT2D eigenvalue weighted by atomic mass is 10.1. The number of morpholine rings is 1. The molecule has 1 aromatic rings. The molecule has 0 aromatic heterocycles. The molecular formula is C15H21ClN2O2. The molecule has 0 N–H and O–H groups in total. The van der Waals surface area contributed by atoms with Crippen LogP contribution in [0.3, 0.4) is 0 Å². The van der Waals surface area contributed by atoms with E-state index in [0.717, 1.165) is 12.1 Å². The standard InChI is InChI=1S/C15H21ClN2O2/c1-11(15(19)17(2)3)18-8-9-20-14(10-18)12-6-4-5-7-13(12)16/h4-7,11,14H,8-10H2,1-3H3/t11-,14+/m1/s1. The number of rotatable bonds is 3. The molecular weight excluding hydrogens is 276 g/mol. The Balaban J connectivity index is 2.09. The van der Waals surface area contributed by atoms with Crippen molar-refractivity contribution in [1.29, 1.82) is 0 Å². The highest BCUT2D eigenvalue weighted by atomic mass is 35.5. The SMILES string of the molecule is C[C@H](C(=O)N(C)C)N1CCO[C@H](c2ccccc2Cl)C1. The first-order valence-electron chi connectivity index (χ1n) is 6.82. The van der Waals surface area contributed by atoms with Crippen molar-refractivity contribution >= 4 is 17.5 Å². The molecule has 0 saturated carbocycles. The van der Waals surface area contributed by atoms with Gasteiger partial charge in [0.05, 0.1) is 18.8 Å². The number of hydrogen-bond acceptors (Lipinski definition) is 3. The van der Waals surface area contributed by atoms with E-state index in [-0.39, 0.29) is 18.1 Å². The van der Waals surface area contributed by atoms with Crippen molar-refractivity contribution in [3.8, 4) is 0 Å². The number of carbonyl (C=O) groups excluding carboxylic acids is 1. The van der Waals surface area contributed by atoms with E-state index in [1.54, 1.807) is 19.0 Å². The number of amides is 1. The molecule has 5 heteroatoms. The molecule has 1 aromatic carbocycles. The van der Waals surface area contributed by atoms with Crippen molar-refractivity contribution in [1.82, 2.24) is 9.80 Å². The van der Waals surface area contributed by atoms with Crippen LogP contribution in [-0.2, 0) is 9.53 Å². The van der Waals surface area contributed by atoms with E-state index in [9.17, 15) is 4.79 Å². The molecule has 1 saturated heterocycles. The second-order valence-corrected chi connectivity index (χ2v) is 5.69. The van der Waals surface area contributed by atoms with Gasteiger partial charge in [0.25, 0.3) is 0 Å². The highest BCUT2D eigenvalue weighted by Gasteiger charge is 2.30. The van der Waals surface area contributed by atoms with Gasteiger partial charge < -0.3 is 9.64 Å². The predicted molar refractivity (Wildman–Crippen MR) is 79.9 cm³/mol. The first kappa shape index (κ1) is 15.3. The minimum Gasteiger partial charge on any atom is -0.371 e. The van der Waals surface area contributed by atoms with Crippen LogP contribution in [0.2, 0.25) is 5.02 Å². The molecule has 1 aliphatic heterocycles.